The molecule has 5 nitrogen and oxygen atoms in total. The number of benzene rings is 1. The molecule has 0 aliphatic carbocycles. The lowest BCUT2D eigenvalue weighted by molar-refractivity contribution is 0.214. The Morgan fingerprint density at radius 1 is 1.17 bits per heavy atom. The fraction of sp³-hybridized carbons (Fsp3) is 0.389. The van der Waals surface area contributed by atoms with Gasteiger partial charge in [-0.3, -0.25) is 4.98 Å². The topological polar surface area (TPSA) is 51.1 Å². The molecule has 3 heterocycles. The molecule has 0 amide bonds. The Morgan fingerprint density at radius 3 is 2.75 bits per heavy atom. The molecule has 24 heavy (non-hydrogen) atoms. The largest absolute Gasteiger partial charge is 0.476 e. The molecule has 6 heteroatoms. The molecule has 3 aromatic rings. The number of nitrogens with zero attached hydrogens (tertiary/aromatic N) is 4. The Hall–Kier alpha value is -2.21. The summed E-state index contributed by atoms with van der Waals surface area (Å²) in [5.41, 5.74) is 1.95. The predicted molar refractivity (Wildman–Crippen MR) is 96.8 cm³/mol. The van der Waals surface area contributed by atoms with Gasteiger partial charge in [0.05, 0.1) is 22.5 Å². The molecular formula is C18H20N4OS. The first-order valence-electron chi connectivity index (χ1n) is 8.30. The van der Waals surface area contributed by atoms with E-state index in [4.69, 9.17) is 9.72 Å². The number of para-hydroxylation sites is 1. The van der Waals surface area contributed by atoms with Crippen LogP contribution in [0.15, 0.2) is 36.7 Å². The Labute approximate surface area is 145 Å². The van der Waals surface area contributed by atoms with Crippen molar-refractivity contribution in [2.24, 2.45) is 5.92 Å². The number of hydrogen-bond acceptors (Lipinski definition) is 6. The molecule has 124 valence electrons. The molecule has 1 saturated heterocycles. The number of thiazole rings is 1. The first-order chi connectivity index (χ1) is 11.8. The lowest BCUT2D eigenvalue weighted by Gasteiger charge is -2.31. The highest BCUT2D eigenvalue weighted by molar-refractivity contribution is 7.22. The molecule has 1 aromatic carbocycles. The third-order valence-electron chi connectivity index (χ3n) is 4.46. The number of piperidine rings is 1. The van der Waals surface area contributed by atoms with Gasteiger partial charge in [0.1, 0.15) is 0 Å². The van der Waals surface area contributed by atoms with Crippen LogP contribution >= 0.6 is 11.3 Å². The van der Waals surface area contributed by atoms with Gasteiger partial charge in [0, 0.05) is 25.5 Å². The average molecular weight is 340 g/mol. The van der Waals surface area contributed by atoms with E-state index in [1.807, 2.05) is 13.0 Å². The van der Waals surface area contributed by atoms with Crippen molar-refractivity contribution >= 4 is 26.7 Å². The highest BCUT2D eigenvalue weighted by Gasteiger charge is 2.22. The van der Waals surface area contributed by atoms with Crippen LogP contribution in [-0.2, 0) is 0 Å². The monoisotopic (exact) mass is 340 g/mol. The van der Waals surface area contributed by atoms with Crippen molar-refractivity contribution in [3.8, 4) is 5.88 Å². The van der Waals surface area contributed by atoms with Gasteiger partial charge in [0.2, 0.25) is 5.88 Å². The Morgan fingerprint density at radius 2 is 1.96 bits per heavy atom. The zero-order valence-electron chi connectivity index (χ0n) is 13.7. The van der Waals surface area contributed by atoms with E-state index in [1.165, 1.54) is 4.70 Å². The normalized spacial score (nSPS) is 15.8. The number of anilines is 1. The SMILES string of the molecule is Cc1nccnc1OCC1CCN(c2nc3ccccc3s2)CC1. The van der Waals surface area contributed by atoms with E-state index in [1.54, 1.807) is 23.7 Å². The summed E-state index contributed by atoms with van der Waals surface area (Å²) in [6.45, 7) is 4.71. The standard InChI is InChI=1S/C18H20N4OS/c1-13-17(20-9-8-19-13)23-12-14-6-10-22(11-7-14)18-21-15-4-2-3-5-16(15)24-18/h2-5,8-9,14H,6-7,10-12H2,1H3. The number of hydrogen-bond donors (Lipinski definition) is 0. The molecule has 1 aliphatic heterocycles. The highest BCUT2D eigenvalue weighted by atomic mass is 32.1. The minimum atomic E-state index is 0.567. The quantitative estimate of drug-likeness (QED) is 0.725. The second kappa shape index (κ2) is 6.73. The molecule has 2 aromatic heterocycles. The van der Waals surface area contributed by atoms with Crippen LogP contribution in [0.3, 0.4) is 0 Å². The lowest BCUT2D eigenvalue weighted by atomic mass is 9.98. The second-order valence-corrected chi connectivity index (χ2v) is 7.16. The third kappa shape index (κ3) is 3.19. The summed E-state index contributed by atoms with van der Waals surface area (Å²) >= 11 is 1.78. The maximum atomic E-state index is 5.86. The van der Waals surface area contributed by atoms with Crippen molar-refractivity contribution < 1.29 is 4.74 Å². The van der Waals surface area contributed by atoms with Gasteiger partial charge in [-0.2, -0.15) is 0 Å². The van der Waals surface area contributed by atoms with Crippen LogP contribution < -0.4 is 9.64 Å². The number of aryl methyl sites for hydroxylation is 1. The smallest absolute Gasteiger partial charge is 0.235 e. The maximum absolute atomic E-state index is 5.86. The average Bonchev–Trinajstić information content (AvgIpc) is 3.06. The van der Waals surface area contributed by atoms with Gasteiger partial charge in [-0.1, -0.05) is 23.5 Å². The van der Waals surface area contributed by atoms with Crippen molar-refractivity contribution in [1.82, 2.24) is 15.0 Å². The summed E-state index contributed by atoms with van der Waals surface area (Å²) in [6.07, 6.45) is 5.61. The summed E-state index contributed by atoms with van der Waals surface area (Å²) in [6, 6.07) is 8.34. The van der Waals surface area contributed by atoms with Gasteiger partial charge in [-0.25, -0.2) is 9.97 Å². The molecule has 0 atom stereocenters. The number of fused-ring (bicyclic) bond motifs is 1. The number of rotatable bonds is 4. The van der Waals surface area contributed by atoms with Crippen molar-refractivity contribution in [2.45, 2.75) is 19.8 Å². The highest BCUT2D eigenvalue weighted by Crippen LogP contribution is 2.31. The van der Waals surface area contributed by atoms with Gasteiger partial charge >= 0.3 is 0 Å². The Kier molecular flexibility index (Phi) is 4.30. The van der Waals surface area contributed by atoms with Gasteiger partial charge in [-0.05, 0) is 37.8 Å². The van der Waals surface area contributed by atoms with E-state index >= 15 is 0 Å². The zero-order valence-corrected chi connectivity index (χ0v) is 14.5. The molecule has 0 N–H and O–H groups in total. The van der Waals surface area contributed by atoms with E-state index in [2.05, 4.69) is 33.1 Å². The summed E-state index contributed by atoms with van der Waals surface area (Å²) in [5.74, 6) is 1.23. The molecule has 1 aliphatic rings. The lowest BCUT2D eigenvalue weighted by Crippen LogP contribution is -2.35. The van der Waals surface area contributed by atoms with Crippen molar-refractivity contribution in [1.29, 1.82) is 0 Å². The summed E-state index contributed by atoms with van der Waals surface area (Å²) in [5, 5.41) is 1.14. The van der Waals surface area contributed by atoms with Crippen LogP contribution in [0.1, 0.15) is 18.5 Å². The number of ether oxygens (including phenoxy) is 1. The molecule has 1 fully saturated rings. The first kappa shape index (κ1) is 15.3. The van der Waals surface area contributed by atoms with Crippen LogP contribution in [0.2, 0.25) is 0 Å². The van der Waals surface area contributed by atoms with E-state index in [-0.39, 0.29) is 0 Å². The summed E-state index contributed by atoms with van der Waals surface area (Å²) in [4.78, 5) is 15.6. The minimum absolute atomic E-state index is 0.567. The molecule has 0 unspecified atom stereocenters. The number of aromatic nitrogens is 3. The molecule has 0 saturated carbocycles. The van der Waals surface area contributed by atoms with Gasteiger partial charge in [0.15, 0.2) is 5.13 Å². The summed E-state index contributed by atoms with van der Waals surface area (Å²) < 4.78 is 7.12. The minimum Gasteiger partial charge on any atom is -0.476 e. The maximum Gasteiger partial charge on any atom is 0.235 e. The molecule has 0 spiro atoms. The van der Waals surface area contributed by atoms with Gasteiger partial charge in [-0.15, -0.1) is 0 Å². The van der Waals surface area contributed by atoms with Crippen LogP contribution in [0.5, 0.6) is 5.88 Å². The fourth-order valence-corrected chi connectivity index (χ4v) is 4.04. The van der Waals surface area contributed by atoms with Gasteiger partial charge < -0.3 is 9.64 Å². The second-order valence-electron chi connectivity index (χ2n) is 6.15. The zero-order chi connectivity index (χ0) is 16.4. The van der Waals surface area contributed by atoms with Crippen LogP contribution in [-0.4, -0.2) is 34.6 Å². The molecule has 0 bridgehead atoms. The molecular weight excluding hydrogens is 320 g/mol. The van der Waals surface area contributed by atoms with E-state index in [0.29, 0.717) is 18.4 Å². The molecule has 0 radical (unpaired) electrons. The predicted octanol–water partition coefficient (Wildman–Crippen LogP) is 3.69. The Balaban J connectivity index is 1.34. The van der Waals surface area contributed by atoms with Crippen molar-refractivity contribution in [3.63, 3.8) is 0 Å². The molecule has 4 rings (SSSR count). The van der Waals surface area contributed by atoms with E-state index < -0.39 is 0 Å². The van der Waals surface area contributed by atoms with Crippen LogP contribution in [0, 0.1) is 12.8 Å². The Bertz CT molecular complexity index is 794. The van der Waals surface area contributed by atoms with E-state index in [9.17, 15) is 0 Å². The summed E-state index contributed by atoms with van der Waals surface area (Å²) in [7, 11) is 0. The van der Waals surface area contributed by atoms with Crippen molar-refractivity contribution in [3.05, 3.63) is 42.4 Å². The third-order valence-corrected chi connectivity index (χ3v) is 5.56. The first-order valence-corrected chi connectivity index (χ1v) is 9.12. The van der Waals surface area contributed by atoms with Crippen LogP contribution in [0.4, 0.5) is 5.13 Å². The van der Waals surface area contributed by atoms with E-state index in [0.717, 1.165) is 42.3 Å². The van der Waals surface area contributed by atoms with Gasteiger partial charge in [0.25, 0.3) is 0 Å². The van der Waals surface area contributed by atoms with Crippen molar-refractivity contribution in [2.75, 3.05) is 24.6 Å². The fourth-order valence-electron chi connectivity index (χ4n) is 3.02. The van der Waals surface area contributed by atoms with Crippen LogP contribution in [0.25, 0.3) is 10.2 Å².